The monoisotopic (exact) mass is 375 g/mol. The van der Waals surface area contributed by atoms with Gasteiger partial charge < -0.3 is 4.57 Å². The fourth-order valence-electron chi connectivity index (χ4n) is 3.09. The Labute approximate surface area is 162 Å². The van der Waals surface area contributed by atoms with Crippen LogP contribution in [0.25, 0.3) is 22.4 Å². The molecule has 0 atom stereocenters. The number of rotatable bonds is 4. The molecule has 0 radical (unpaired) electrons. The molecule has 0 unspecified atom stereocenters. The van der Waals surface area contributed by atoms with Crippen LogP contribution in [0.3, 0.4) is 0 Å². The highest BCUT2D eigenvalue weighted by molar-refractivity contribution is 6.30. The summed E-state index contributed by atoms with van der Waals surface area (Å²) in [5.41, 5.74) is 4.54. The van der Waals surface area contributed by atoms with Gasteiger partial charge in [0.05, 0.1) is 12.2 Å². The molecule has 2 aromatic carbocycles. The van der Waals surface area contributed by atoms with Crippen LogP contribution in [-0.2, 0) is 13.6 Å². The van der Waals surface area contributed by atoms with E-state index in [4.69, 9.17) is 16.7 Å². The number of aromatic nitrogens is 3. The van der Waals surface area contributed by atoms with Crippen molar-refractivity contribution in [2.24, 2.45) is 7.05 Å². The third kappa shape index (κ3) is 3.71. The maximum Gasteiger partial charge on any atom is 0.250 e. The van der Waals surface area contributed by atoms with E-state index in [0.29, 0.717) is 11.6 Å². The quantitative estimate of drug-likeness (QED) is 0.522. The van der Waals surface area contributed by atoms with Gasteiger partial charge >= 0.3 is 0 Å². The summed E-state index contributed by atoms with van der Waals surface area (Å²) in [5.74, 6) is 0. The Kier molecular flexibility index (Phi) is 4.65. The summed E-state index contributed by atoms with van der Waals surface area (Å²) >= 11 is 6.16. The number of hydrogen-bond acceptors (Lipinski definition) is 2. The second-order valence-corrected chi connectivity index (χ2v) is 6.88. The molecule has 0 aliphatic heterocycles. The van der Waals surface area contributed by atoms with Crippen molar-refractivity contribution in [3.63, 3.8) is 0 Å². The molecule has 0 bridgehead atoms. The van der Waals surface area contributed by atoms with Gasteiger partial charge in [-0.3, -0.25) is 9.48 Å². The van der Waals surface area contributed by atoms with Crippen molar-refractivity contribution in [2.45, 2.75) is 6.54 Å². The number of pyridine rings is 1. The van der Waals surface area contributed by atoms with E-state index < -0.39 is 0 Å². The molecule has 0 amide bonds. The highest BCUT2D eigenvalue weighted by Crippen LogP contribution is 2.31. The zero-order valence-electron chi connectivity index (χ0n) is 14.8. The number of nitrogens with zero attached hydrogens (tertiary/aromatic N) is 3. The summed E-state index contributed by atoms with van der Waals surface area (Å²) in [6.45, 7) is 0.694. The van der Waals surface area contributed by atoms with Crippen LogP contribution in [-0.4, -0.2) is 14.3 Å². The Bertz CT molecular complexity index is 1150. The Morgan fingerprint density at radius 1 is 0.963 bits per heavy atom. The number of benzene rings is 2. The second-order valence-electron chi connectivity index (χ2n) is 6.44. The predicted octanol–water partition coefficient (Wildman–Crippen LogP) is 4.62. The molecule has 2 heterocycles. The Hall–Kier alpha value is -3.11. The molecule has 0 aliphatic carbocycles. The van der Waals surface area contributed by atoms with Crippen molar-refractivity contribution in [1.29, 1.82) is 0 Å². The van der Waals surface area contributed by atoms with E-state index in [1.54, 1.807) is 17.7 Å². The van der Waals surface area contributed by atoms with Gasteiger partial charge in [0.2, 0.25) is 0 Å². The number of halogens is 1. The second kappa shape index (κ2) is 7.25. The molecule has 0 aliphatic rings. The summed E-state index contributed by atoms with van der Waals surface area (Å²) < 4.78 is 3.47. The summed E-state index contributed by atoms with van der Waals surface area (Å²) in [7, 11) is 1.74. The van der Waals surface area contributed by atoms with Crippen LogP contribution in [0.2, 0.25) is 5.02 Å². The third-order valence-electron chi connectivity index (χ3n) is 4.47. The van der Waals surface area contributed by atoms with Crippen LogP contribution in [0.4, 0.5) is 0 Å². The molecule has 0 spiro atoms. The minimum absolute atomic E-state index is 0.0718. The molecule has 5 heteroatoms. The Morgan fingerprint density at radius 3 is 2.56 bits per heavy atom. The molecule has 0 saturated heterocycles. The molecule has 4 nitrogen and oxygen atoms in total. The zero-order valence-corrected chi connectivity index (χ0v) is 15.6. The number of hydrogen-bond donors (Lipinski definition) is 0. The first-order chi connectivity index (χ1) is 13.1. The summed E-state index contributed by atoms with van der Waals surface area (Å²) in [5, 5.41) is 5.36. The van der Waals surface area contributed by atoms with Gasteiger partial charge in [-0.15, -0.1) is 0 Å². The molecule has 0 N–H and O–H groups in total. The van der Waals surface area contributed by atoms with Gasteiger partial charge in [0.1, 0.15) is 0 Å². The molecule has 27 heavy (non-hydrogen) atoms. The van der Waals surface area contributed by atoms with Gasteiger partial charge in [-0.05, 0) is 34.9 Å². The highest BCUT2D eigenvalue weighted by Gasteiger charge is 2.13. The SMILES string of the molecule is Cn1cc(-c2ccn(Cc3ccccc3)n2)c(-c2cccc(Cl)c2)cc1=O. The van der Waals surface area contributed by atoms with E-state index >= 15 is 0 Å². The lowest BCUT2D eigenvalue weighted by molar-refractivity contribution is 0.689. The highest BCUT2D eigenvalue weighted by atomic mass is 35.5. The van der Waals surface area contributed by atoms with Crippen LogP contribution in [0, 0.1) is 0 Å². The fraction of sp³-hybridized carbons (Fsp3) is 0.0909. The maximum absolute atomic E-state index is 12.2. The van der Waals surface area contributed by atoms with E-state index in [9.17, 15) is 4.79 Å². The van der Waals surface area contributed by atoms with Crippen LogP contribution in [0.1, 0.15) is 5.56 Å². The molecular formula is C22H18ClN3O. The smallest absolute Gasteiger partial charge is 0.250 e. The van der Waals surface area contributed by atoms with Crippen molar-refractivity contribution in [3.8, 4) is 22.4 Å². The van der Waals surface area contributed by atoms with Gasteiger partial charge in [0.25, 0.3) is 5.56 Å². The topological polar surface area (TPSA) is 39.8 Å². The minimum atomic E-state index is -0.0718. The fourth-order valence-corrected chi connectivity index (χ4v) is 3.28. The average molecular weight is 376 g/mol. The molecule has 4 aromatic rings. The Morgan fingerprint density at radius 2 is 1.78 bits per heavy atom. The lowest BCUT2D eigenvalue weighted by atomic mass is 10.00. The molecule has 4 rings (SSSR count). The van der Waals surface area contributed by atoms with Crippen molar-refractivity contribution < 1.29 is 0 Å². The van der Waals surface area contributed by atoms with E-state index in [1.165, 1.54) is 5.56 Å². The molecule has 2 aromatic heterocycles. The van der Waals surface area contributed by atoms with Crippen LogP contribution in [0.5, 0.6) is 0 Å². The van der Waals surface area contributed by atoms with Gasteiger partial charge in [0, 0.05) is 36.1 Å². The Balaban J connectivity index is 1.78. The zero-order chi connectivity index (χ0) is 18.8. The summed E-state index contributed by atoms with van der Waals surface area (Å²) in [6.07, 6.45) is 3.78. The number of aryl methyl sites for hydroxylation is 1. The van der Waals surface area contributed by atoms with E-state index in [0.717, 1.165) is 22.4 Å². The van der Waals surface area contributed by atoms with Crippen molar-refractivity contribution >= 4 is 11.6 Å². The van der Waals surface area contributed by atoms with Gasteiger partial charge in [-0.25, -0.2) is 0 Å². The first kappa shape index (κ1) is 17.3. The molecule has 0 fully saturated rings. The third-order valence-corrected chi connectivity index (χ3v) is 4.70. The average Bonchev–Trinajstić information content (AvgIpc) is 3.13. The molecule has 134 valence electrons. The minimum Gasteiger partial charge on any atom is -0.318 e. The summed E-state index contributed by atoms with van der Waals surface area (Å²) in [6, 6.07) is 21.3. The first-order valence-corrected chi connectivity index (χ1v) is 9.02. The lowest BCUT2D eigenvalue weighted by Gasteiger charge is -2.10. The largest absolute Gasteiger partial charge is 0.318 e. The van der Waals surface area contributed by atoms with Gasteiger partial charge in [-0.2, -0.15) is 5.10 Å². The van der Waals surface area contributed by atoms with E-state index in [1.807, 2.05) is 65.6 Å². The van der Waals surface area contributed by atoms with Crippen molar-refractivity contribution in [1.82, 2.24) is 14.3 Å². The predicted molar refractivity (Wildman–Crippen MR) is 109 cm³/mol. The maximum atomic E-state index is 12.2. The molecular weight excluding hydrogens is 358 g/mol. The van der Waals surface area contributed by atoms with Gasteiger partial charge in [0.15, 0.2) is 0 Å². The lowest BCUT2D eigenvalue weighted by Crippen LogP contribution is -2.15. The van der Waals surface area contributed by atoms with Crippen LogP contribution >= 0.6 is 11.6 Å². The van der Waals surface area contributed by atoms with Gasteiger partial charge in [-0.1, -0.05) is 54.1 Å². The van der Waals surface area contributed by atoms with Crippen LogP contribution < -0.4 is 5.56 Å². The van der Waals surface area contributed by atoms with Crippen LogP contribution in [0.15, 0.2) is 83.9 Å². The molecule has 0 saturated carbocycles. The first-order valence-electron chi connectivity index (χ1n) is 8.64. The standard InChI is InChI=1S/C22H18ClN3O/c1-25-15-20(19(13-22(25)27)17-8-5-9-18(23)12-17)21-10-11-26(24-21)14-16-6-3-2-4-7-16/h2-13,15H,14H2,1H3. The van der Waals surface area contributed by atoms with Crippen molar-refractivity contribution in [2.75, 3.05) is 0 Å². The van der Waals surface area contributed by atoms with Crippen molar-refractivity contribution in [3.05, 3.63) is 100 Å². The summed E-state index contributed by atoms with van der Waals surface area (Å²) in [4.78, 5) is 12.2. The normalized spacial score (nSPS) is 10.9. The van der Waals surface area contributed by atoms with E-state index in [2.05, 4.69) is 12.1 Å². The van der Waals surface area contributed by atoms with E-state index in [-0.39, 0.29) is 5.56 Å².